The van der Waals surface area contributed by atoms with Gasteiger partial charge in [-0.2, -0.15) is 12.6 Å². The number of phosphoric ester groups is 1. The van der Waals surface area contributed by atoms with Crippen molar-refractivity contribution in [1.82, 2.24) is 55.9 Å². The number of aromatic amines is 1. The first-order valence-electron chi connectivity index (χ1n) is 48.8. The number of nitrogens with two attached hydrogens (primary N) is 2. The number of aliphatic hydroxyl groups is 2. The number of likely N-dealkylation sites (tertiary alicyclic amines) is 2. The first kappa shape index (κ1) is 124. The molecule has 0 saturated carbocycles. The Morgan fingerprint density at radius 1 is 0.579 bits per heavy atom. The third-order valence-electron chi connectivity index (χ3n) is 24.9. The number of amides is 8. The normalized spacial score (nSPS) is 16.7. The molecule has 39 nitrogen and oxygen atoms in total. The molecule has 14 atom stereocenters. The van der Waals surface area contributed by atoms with E-state index in [0.717, 1.165) is 84.0 Å². The van der Waals surface area contributed by atoms with Gasteiger partial charge in [0.25, 0.3) is 0 Å². The van der Waals surface area contributed by atoms with Crippen LogP contribution in [0.5, 0.6) is 0 Å². The van der Waals surface area contributed by atoms with Crippen LogP contribution in [0, 0.1) is 47.3 Å². The van der Waals surface area contributed by atoms with Gasteiger partial charge in [0.2, 0.25) is 47.3 Å². The topological polar surface area (TPSA) is 589 Å². The highest BCUT2D eigenvalue weighted by Crippen LogP contribution is 2.41. The number of aromatic nitrogens is 4. The van der Waals surface area contributed by atoms with Gasteiger partial charge in [0.15, 0.2) is 23.1 Å². The summed E-state index contributed by atoms with van der Waals surface area (Å²) in [5.41, 5.74) is 14.9. The van der Waals surface area contributed by atoms with E-state index < -0.39 is 184 Å². The Morgan fingerprint density at radius 3 is 1.56 bits per heavy atom. The Bertz CT molecular complexity index is 4490. The lowest BCUT2D eigenvalue weighted by Crippen LogP contribution is -2.52. The monoisotopic (exact) mass is 2030 g/mol. The molecule has 16 N–H and O–H groups in total. The number of carbonyl (C=O) groups excluding carboxylic acids is 13. The summed E-state index contributed by atoms with van der Waals surface area (Å²) in [6, 6.07) is 13.2. The Labute approximate surface area is 829 Å². The Hall–Kier alpha value is -8.70. The van der Waals surface area contributed by atoms with Crippen LogP contribution in [0.1, 0.15) is 226 Å². The molecule has 2 aliphatic heterocycles. The van der Waals surface area contributed by atoms with Crippen molar-refractivity contribution in [1.29, 1.82) is 0 Å². The quantitative estimate of drug-likeness (QED) is 0.0121. The number of ether oxygens (including phenoxy) is 4. The van der Waals surface area contributed by atoms with Gasteiger partial charge in [0, 0.05) is 107 Å². The highest BCUT2D eigenvalue weighted by atomic mass is 32.1. The number of imidazole rings is 2. The molecule has 788 valence electrons. The molecular formula is C98H159N13O26P2S. The number of H-pyrrole nitrogens is 1. The number of hydrogen-bond acceptors (Lipinski definition) is 26. The number of primary amides is 1. The molecule has 8 amide bonds. The number of aliphatic hydroxyl groups excluding tert-OH is 2. The molecular weight excluding hydrogens is 1870 g/mol. The van der Waals surface area contributed by atoms with Gasteiger partial charge >= 0.3 is 15.4 Å². The van der Waals surface area contributed by atoms with E-state index in [-0.39, 0.29) is 140 Å². The number of nitrogens with zero attached hydrogens (tertiary/aromatic N) is 5. The summed E-state index contributed by atoms with van der Waals surface area (Å²) in [7, 11) is -8.04. The lowest BCUT2D eigenvalue weighted by Gasteiger charge is -2.28. The fourth-order valence-electron chi connectivity index (χ4n) is 17.2. The van der Waals surface area contributed by atoms with Crippen LogP contribution >= 0.6 is 28.0 Å². The Morgan fingerprint density at radius 2 is 1.07 bits per heavy atom. The van der Waals surface area contributed by atoms with E-state index in [1.807, 2.05) is 56.5 Å². The Balaban J connectivity index is 0.000000590. The minimum Gasteiger partial charge on any atom is -0.394 e. The standard InChI is InChI=1S/C53H86N7O14PS.C44H69N6O12P.CH4/c1-37(2)29-45(57-53(68)47-20-16-24-60(47)50(65)21-25-72-27-28-73-26-22-56-52(67)44(54)35-76)48(63)31-41(51(66)58-46(34-61)49(64)32-43(38(3)62)39(4)74-75(69,70)71)30-42-33-55-36-59(42)23-15-10-8-6-5-7-9-12-17-40-18-13-11-14-19-40;1-29(2)19-36(48-44(57)38-20-32(14-10-6-9-13-31-11-7-5-8-12-31)25-50(38)41(54)15-16-62-18-17-61-4)39(52)22-33(21-34-24-46-28-47-34)43(56)49-37(26-51)40(53)23-35(42(45)55)30(3)27-63(58,59)60;/h11,13-14,18-19,33,36-37,39,41,43-47,61,76H,5-10,12,15-17,20-32,34-35,54H2,1-4H3,(H,56,67)(H,57,68)(H,58,66)(H2,69,70,71);5,7-8,11-12,24,28-30,32-33,35-38,51H,6,9-10,13-23,25-27H2,1-4H3,(H2,45,55)(H,46,47)(H,48,57)(H,49,56)(H2,58,59,60);1H4/t39-,41-,43-,44+,45+,46+,47+;30-,32+,33+,35-,36-,37-,38-;/m10./s1. The van der Waals surface area contributed by atoms with Crippen LogP contribution in [0.2, 0.25) is 0 Å². The number of benzene rings is 2. The predicted molar refractivity (Wildman–Crippen MR) is 529 cm³/mol. The van der Waals surface area contributed by atoms with Gasteiger partial charge < -0.3 is 106 Å². The maximum Gasteiger partial charge on any atom is 0.469 e. The van der Waals surface area contributed by atoms with E-state index in [1.165, 1.54) is 55.2 Å². The summed E-state index contributed by atoms with van der Waals surface area (Å²) < 4.78 is 51.4. The second kappa shape index (κ2) is 67.0. The van der Waals surface area contributed by atoms with Crippen LogP contribution in [-0.4, -0.2) is 282 Å². The third kappa shape index (κ3) is 48.1. The van der Waals surface area contributed by atoms with Crippen molar-refractivity contribution in [3.8, 4) is 0 Å². The minimum absolute atomic E-state index is 0. The second-order valence-corrected chi connectivity index (χ2v) is 40.6. The lowest BCUT2D eigenvalue weighted by molar-refractivity contribution is -0.140. The van der Waals surface area contributed by atoms with Crippen molar-refractivity contribution >= 4 is 104 Å². The fraction of sp³-hybridized carbons (Fsp3) is 0.684. The van der Waals surface area contributed by atoms with Crippen LogP contribution in [-0.2, 0) is 127 Å². The largest absolute Gasteiger partial charge is 0.469 e. The maximum atomic E-state index is 14.5. The first-order valence-corrected chi connectivity index (χ1v) is 52.7. The van der Waals surface area contributed by atoms with Crippen molar-refractivity contribution in [2.24, 2.45) is 58.8 Å². The van der Waals surface area contributed by atoms with Gasteiger partial charge in [-0.15, -0.1) is 0 Å². The van der Waals surface area contributed by atoms with Gasteiger partial charge in [-0.25, -0.2) is 14.5 Å². The smallest absolute Gasteiger partial charge is 0.394 e. The van der Waals surface area contributed by atoms with E-state index in [9.17, 15) is 101 Å². The SMILES string of the molecule is C.CC(=O)[C@@H](CC(=O)[C@H](CO)NC(=O)[C@@H](CC(=O)[C@H](CC(C)C)NC(=O)[C@@H]1CCCN1C(=O)CCOCCOCCNC(=O)[C@@H](N)CS)Cc1cncn1CCCCCCCCCCc1ccccc1)[C@@H](C)OP(=O)(O)O.COCCOCCC(=O)N1C[C@H](CCCCCc2ccccc2)C[C@H]1C(=O)N[C@@H](CC(C)C)C(=O)C[C@@H](Cc1cnc[nH]1)C(=O)N[C@@H](CO)C(=O)C[C@H](C(N)=O)[C@@H](C)CP(=O)(O)O. The fourth-order valence-corrected chi connectivity index (χ4v) is 19.0. The number of phosphoric acid groups is 1. The van der Waals surface area contributed by atoms with Crippen LogP contribution in [0.4, 0.5) is 0 Å². The number of Topliss-reactive ketones (excluding diaryl/α,β-unsaturated/α-hetero) is 5. The average Bonchev–Trinajstić information content (AvgIpc) is 1.66. The number of ketones is 5. The number of thiol groups is 1. The lowest BCUT2D eigenvalue weighted by atomic mass is 9.87. The summed E-state index contributed by atoms with van der Waals surface area (Å²) in [4.78, 5) is 227. The summed E-state index contributed by atoms with van der Waals surface area (Å²) in [6.45, 7) is 12.8. The molecule has 4 aromatic rings. The van der Waals surface area contributed by atoms with Crippen molar-refractivity contribution in [3.63, 3.8) is 0 Å². The molecule has 6 rings (SSSR count). The molecule has 2 aromatic heterocycles. The zero-order valence-electron chi connectivity index (χ0n) is 82.1. The number of unbranched alkanes of at least 4 members (excludes halogenated alkanes) is 9. The number of carbonyl (C=O) groups is 13. The molecule has 0 unspecified atom stereocenters. The van der Waals surface area contributed by atoms with Crippen molar-refractivity contribution in [3.05, 3.63) is 108 Å². The molecule has 2 aromatic carbocycles. The van der Waals surface area contributed by atoms with Crippen LogP contribution < -0.4 is 38.1 Å². The Kier molecular flexibility index (Phi) is 59.2. The number of rotatable bonds is 72. The maximum absolute atomic E-state index is 14.5. The third-order valence-corrected chi connectivity index (χ3v) is 26.9. The van der Waals surface area contributed by atoms with Crippen molar-refractivity contribution in [2.75, 3.05) is 98.1 Å². The highest BCUT2D eigenvalue weighted by Gasteiger charge is 2.44. The molecule has 0 spiro atoms. The number of methoxy groups -OCH3 is 1. The van der Waals surface area contributed by atoms with Crippen LogP contribution in [0.25, 0.3) is 0 Å². The minimum atomic E-state index is -5.04. The summed E-state index contributed by atoms with van der Waals surface area (Å²) in [6.07, 6.45) is 18.5. The highest BCUT2D eigenvalue weighted by molar-refractivity contribution is 7.80. The van der Waals surface area contributed by atoms with Crippen LogP contribution in [0.3, 0.4) is 0 Å². The van der Waals surface area contributed by atoms with Crippen molar-refractivity contribution in [2.45, 2.75) is 284 Å². The molecule has 140 heavy (non-hydrogen) atoms. The molecule has 42 heteroatoms. The molecule has 4 heterocycles. The molecule has 0 radical (unpaired) electrons. The van der Waals surface area contributed by atoms with Gasteiger partial charge in [0.05, 0.1) is 133 Å². The van der Waals surface area contributed by atoms with Gasteiger partial charge in [0.1, 0.15) is 30.0 Å². The molecule has 2 fully saturated rings. The van der Waals surface area contributed by atoms with E-state index in [4.69, 9.17) is 30.4 Å². The average molecular weight is 2030 g/mol. The van der Waals surface area contributed by atoms with E-state index >= 15 is 0 Å². The summed E-state index contributed by atoms with van der Waals surface area (Å²) in [5, 5.41) is 34.0. The first-order chi connectivity index (χ1) is 66.1. The molecule has 0 bridgehead atoms. The zero-order valence-corrected chi connectivity index (χ0v) is 84.8. The molecule has 2 aliphatic rings. The van der Waals surface area contributed by atoms with Crippen LogP contribution in [0.15, 0.2) is 85.7 Å². The molecule has 2 saturated heterocycles. The second-order valence-electron chi connectivity index (χ2n) is 37.3. The van der Waals surface area contributed by atoms with Gasteiger partial charge in [-0.1, -0.05) is 154 Å². The number of nitrogens with one attached hydrogen (secondary N) is 6. The summed E-state index contributed by atoms with van der Waals surface area (Å²) >= 11 is 4.00. The summed E-state index contributed by atoms with van der Waals surface area (Å²) in [5.74, 6) is -13.1. The molecule has 0 aliphatic carbocycles. The zero-order chi connectivity index (χ0) is 103. The van der Waals surface area contributed by atoms with Gasteiger partial charge in [-0.05, 0) is 119 Å². The van der Waals surface area contributed by atoms with E-state index in [0.29, 0.717) is 63.5 Å². The van der Waals surface area contributed by atoms with Crippen molar-refractivity contribution < 1.29 is 125 Å². The van der Waals surface area contributed by atoms with E-state index in [2.05, 4.69) is 95.1 Å². The number of aryl methyl sites for hydroxylation is 3. The predicted octanol–water partition coefficient (Wildman–Crippen LogP) is 6.94. The number of hydrogen-bond donors (Lipinski definition) is 15. The van der Waals surface area contributed by atoms with Gasteiger partial charge in [-0.3, -0.25) is 71.4 Å². The van der Waals surface area contributed by atoms with E-state index in [1.54, 1.807) is 24.5 Å².